The normalized spacial score (nSPS) is 20.2. The highest BCUT2D eigenvalue weighted by molar-refractivity contribution is 6.17. The van der Waals surface area contributed by atoms with Gasteiger partial charge in [-0.1, -0.05) is 12.1 Å². The molecule has 1 aliphatic carbocycles. The molecule has 29 heavy (non-hydrogen) atoms. The predicted octanol–water partition coefficient (Wildman–Crippen LogP) is 2.34. The summed E-state index contributed by atoms with van der Waals surface area (Å²) in [5, 5.41) is 0. The van der Waals surface area contributed by atoms with E-state index in [0.29, 0.717) is 65.9 Å². The topological polar surface area (TPSA) is 69.6 Å². The zero-order valence-corrected chi connectivity index (χ0v) is 16.6. The number of nitrogens with zero attached hydrogens (tertiary/aromatic N) is 2. The standard InChI is InChI=1S/C22H28N2O5/c25-20-7-5-19(6-8-20)23-21-3-1-2-4-22(21)24-9-11-26-13-15-28-17-18-29-16-14-27-12-10-24/h1-8H,9-18H2. The second-order valence-corrected chi connectivity index (χ2v) is 6.53. The second kappa shape index (κ2) is 12.3. The Bertz CT molecular complexity index is 710. The average Bonchev–Trinajstić information content (AvgIpc) is 2.75. The quantitative estimate of drug-likeness (QED) is 0.710. The summed E-state index contributed by atoms with van der Waals surface area (Å²) in [5.41, 5.74) is 2.59. The summed E-state index contributed by atoms with van der Waals surface area (Å²) in [6.45, 7) is 5.95. The molecule has 1 saturated heterocycles. The van der Waals surface area contributed by atoms with Gasteiger partial charge in [-0.3, -0.25) is 4.79 Å². The van der Waals surface area contributed by atoms with Crippen LogP contribution >= 0.6 is 0 Å². The first-order valence-electron chi connectivity index (χ1n) is 9.97. The van der Waals surface area contributed by atoms with Crippen molar-refractivity contribution >= 4 is 22.9 Å². The lowest BCUT2D eigenvalue weighted by atomic mass is 10.1. The molecule has 7 nitrogen and oxygen atoms in total. The van der Waals surface area contributed by atoms with E-state index in [1.165, 1.54) is 12.2 Å². The number of hydrogen-bond acceptors (Lipinski definition) is 7. The first kappa shape index (κ1) is 21.4. The van der Waals surface area contributed by atoms with Crippen LogP contribution in [0.2, 0.25) is 0 Å². The third-order valence-electron chi connectivity index (χ3n) is 4.44. The molecule has 1 heterocycles. The lowest BCUT2D eigenvalue weighted by Crippen LogP contribution is -2.31. The van der Waals surface area contributed by atoms with Gasteiger partial charge in [0.25, 0.3) is 0 Å². The van der Waals surface area contributed by atoms with Crippen LogP contribution in [0, 0.1) is 0 Å². The number of para-hydroxylation sites is 2. The molecule has 2 aliphatic rings. The molecule has 3 rings (SSSR count). The van der Waals surface area contributed by atoms with Gasteiger partial charge in [-0.05, 0) is 36.4 Å². The first-order chi connectivity index (χ1) is 14.3. The fraction of sp³-hybridized carbons (Fsp3) is 0.455. The number of rotatable bonds is 2. The number of ketones is 1. The van der Waals surface area contributed by atoms with Crippen molar-refractivity contribution in [3.8, 4) is 0 Å². The molecule has 0 amide bonds. The summed E-state index contributed by atoms with van der Waals surface area (Å²) in [6, 6.07) is 7.97. The molecule has 1 aromatic rings. The van der Waals surface area contributed by atoms with Crippen molar-refractivity contribution in [2.75, 3.05) is 70.8 Å². The van der Waals surface area contributed by atoms with E-state index >= 15 is 0 Å². The SMILES string of the molecule is O=C1C=CC(=Nc2ccccc2N2CCOCCOCCOCCOCC2)C=C1. The Morgan fingerprint density at radius 1 is 0.690 bits per heavy atom. The van der Waals surface area contributed by atoms with E-state index in [-0.39, 0.29) is 5.78 Å². The Balaban J connectivity index is 1.71. The van der Waals surface area contributed by atoms with Crippen molar-refractivity contribution < 1.29 is 23.7 Å². The molecule has 156 valence electrons. The van der Waals surface area contributed by atoms with Gasteiger partial charge in [-0.15, -0.1) is 0 Å². The van der Waals surface area contributed by atoms with Gasteiger partial charge in [0, 0.05) is 13.1 Å². The predicted molar refractivity (Wildman–Crippen MR) is 112 cm³/mol. The van der Waals surface area contributed by atoms with Gasteiger partial charge in [0.1, 0.15) is 0 Å². The van der Waals surface area contributed by atoms with E-state index in [0.717, 1.165) is 17.1 Å². The van der Waals surface area contributed by atoms with Gasteiger partial charge < -0.3 is 23.8 Å². The molecule has 1 fully saturated rings. The monoisotopic (exact) mass is 400 g/mol. The minimum Gasteiger partial charge on any atom is -0.377 e. The molecule has 0 bridgehead atoms. The summed E-state index contributed by atoms with van der Waals surface area (Å²) >= 11 is 0. The van der Waals surface area contributed by atoms with Gasteiger partial charge in [-0.25, -0.2) is 4.99 Å². The van der Waals surface area contributed by atoms with E-state index < -0.39 is 0 Å². The number of ether oxygens (including phenoxy) is 4. The smallest absolute Gasteiger partial charge is 0.178 e. The lowest BCUT2D eigenvalue weighted by molar-refractivity contribution is -0.110. The molecule has 0 N–H and O–H groups in total. The van der Waals surface area contributed by atoms with Gasteiger partial charge in [0.15, 0.2) is 5.78 Å². The van der Waals surface area contributed by atoms with Crippen LogP contribution in [0.25, 0.3) is 0 Å². The molecule has 0 spiro atoms. The highest BCUT2D eigenvalue weighted by Crippen LogP contribution is 2.29. The van der Waals surface area contributed by atoms with Crippen molar-refractivity contribution in [3.63, 3.8) is 0 Å². The largest absolute Gasteiger partial charge is 0.377 e. The van der Waals surface area contributed by atoms with Gasteiger partial charge in [-0.2, -0.15) is 0 Å². The minimum atomic E-state index is -0.0231. The van der Waals surface area contributed by atoms with Crippen LogP contribution in [0.15, 0.2) is 53.6 Å². The Morgan fingerprint density at radius 2 is 1.21 bits per heavy atom. The van der Waals surface area contributed by atoms with Crippen molar-refractivity contribution in [1.82, 2.24) is 0 Å². The maximum absolute atomic E-state index is 11.3. The van der Waals surface area contributed by atoms with Gasteiger partial charge in [0.05, 0.1) is 69.9 Å². The van der Waals surface area contributed by atoms with Crippen LogP contribution in [-0.2, 0) is 23.7 Å². The summed E-state index contributed by atoms with van der Waals surface area (Å²) < 4.78 is 22.4. The Kier molecular flexibility index (Phi) is 9.06. The summed E-state index contributed by atoms with van der Waals surface area (Å²) in [5.74, 6) is -0.0231. The maximum Gasteiger partial charge on any atom is 0.178 e. The third-order valence-corrected chi connectivity index (χ3v) is 4.44. The molecular formula is C22H28N2O5. The second-order valence-electron chi connectivity index (χ2n) is 6.53. The number of anilines is 1. The number of carbonyl (C=O) groups is 1. The number of benzene rings is 1. The molecule has 0 atom stereocenters. The highest BCUT2D eigenvalue weighted by atomic mass is 16.6. The fourth-order valence-corrected chi connectivity index (χ4v) is 2.95. The van der Waals surface area contributed by atoms with Crippen LogP contribution in [-0.4, -0.2) is 77.4 Å². The zero-order chi connectivity index (χ0) is 20.2. The van der Waals surface area contributed by atoms with E-state index in [1.807, 2.05) is 24.3 Å². The summed E-state index contributed by atoms with van der Waals surface area (Å²) in [6.07, 6.45) is 6.52. The van der Waals surface area contributed by atoms with E-state index in [1.54, 1.807) is 12.2 Å². The Hall–Kier alpha value is -2.32. The van der Waals surface area contributed by atoms with Gasteiger partial charge in [0.2, 0.25) is 0 Å². The first-order valence-corrected chi connectivity index (χ1v) is 9.97. The van der Waals surface area contributed by atoms with E-state index in [9.17, 15) is 4.79 Å². The third kappa shape index (κ3) is 7.55. The number of carbonyl (C=O) groups excluding carboxylic acids is 1. The molecule has 0 unspecified atom stereocenters. The van der Waals surface area contributed by atoms with Gasteiger partial charge >= 0.3 is 0 Å². The van der Waals surface area contributed by atoms with Crippen LogP contribution in [0.4, 0.5) is 11.4 Å². The fourth-order valence-electron chi connectivity index (χ4n) is 2.95. The Labute approximate surface area is 171 Å². The minimum absolute atomic E-state index is 0.0231. The summed E-state index contributed by atoms with van der Waals surface area (Å²) in [4.78, 5) is 18.3. The van der Waals surface area contributed by atoms with Crippen molar-refractivity contribution in [2.24, 2.45) is 4.99 Å². The number of hydrogen-bond donors (Lipinski definition) is 0. The highest BCUT2D eigenvalue weighted by Gasteiger charge is 2.12. The van der Waals surface area contributed by atoms with Crippen LogP contribution in [0.5, 0.6) is 0 Å². The molecule has 1 aromatic carbocycles. The lowest BCUT2D eigenvalue weighted by Gasteiger charge is -2.26. The molecular weight excluding hydrogens is 372 g/mol. The molecule has 0 saturated carbocycles. The van der Waals surface area contributed by atoms with E-state index in [4.69, 9.17) is 23.9 Å². The van der Waals surface area contributed by atoms with Crippen LogP contribution in [0.1, 0.15) is 0 Å². The summed E-state index contributed by atoms with van der Waals surface area (Å²) in [7, 11) is 0. The van der Waals surface area contributed by atoms with E-state index in [2.05, 4.69) is 4.90 Å². The average molecular weight is 400 g/mol. The maximum atomic E-state index is 11.3. The molecule has 0 radical (unpaired) electrons. The van der Waals surface area contributed by atoms with Crippen LogP contribution in [0.3, 0.4) is 0 Å². The molecule has 0 aromatic heterocycles. The van der Waals surface area contributed by atoms with Crippen LogP contribution < -0.4 is 4.90 Å². The van der Waals surface area contributed by atoms with Crippen molar-refractivity contribution in [1.29, 1.82) is 0 Å². The number of allylic oxidation sites excluding steroid dienone is 4. The molecule has 7 heteroatoms. The molecule has 1 aliphatic heterocycles. The zero-order valence-electron chi connectivity index (χ0n) is 16.6. The Morgan fingerprint density at radius 3 is 1.79 bits per heavy atom. The van der Waals surface area contributed by atoms with Crippen molar-refractivity contribution in [2.45, 2.75) is 0 Å². The van der Waals surface area contributed by atoms with Crippen molar-refractivity contribution in [3.05, 3.63) is 48.6 Å². The number of aliphatic imine (C=N–C) groups is 1.